The fourth-order valence-corrected chi connectivity index (χ4v) is 5.46. The van der Waals surface area contributed by atoms with Gasteiger partial charge >= 0.3 is 5.97 Å². The van der Waals surface area contributed by atoms with E-state index in [1.807, 2.05) is 0 Å². The van der Waals surface area contributed by atoms with Gasteiger partial charge < -0.3 is 9.16 Å². The van der Waals surface area contributed by atoms with Crippen molar-refractivity contribution >= 4 is 14.3 Å². The van der Waals surface area contributed by atoms with Gasteiger partial charge in [0.2, 0.25) is 0 Å². The zero-order chi connectivity index (χ0) is 21.6. The molecule has 172 valence electrons. The molecule has 0 amide bonds. The van der Waals surface area contributed by atoms with Crippen LogP contribution in [0.15, 0.2) is 12.2 Å². The Bertz CT molecular complexity index is 386. The van der Waals surface area contributed by atoms with Crippen molar-refractivity contribution in [1.29, 1.82) is 0 Å². The quantitative estimate of drug-likeness (QED) is 0.114. The van der Waals surface area contributed by atoms with Crippen LogP contribution in [0, 0.1) is 0 Å². The summed E-state index contributed by atoms with van der Waals surface area (Å²) in [4.78, 5) is 10.9. The summed E-state index contributed by atoms with van der Waals surface area (Å²) in [6.07, 6.45) is 24.7. The number of carbonyl (C=O) groups is 1. The van der Waals surface area contributed by atoms with Crippen molar-refractivity contribution in [1.82, 2.24) is 0 Å². The molecule has 1 heterocycles. The van der Waals surface area contributed by atoms with Crippen molar-refractivity contribution in [2.45, 2.75) is 129 Å². The first-order valence-electron chi connectivity index (χ1n) is 12.4. The first kappa shape index (κ1) is 28.4. The van der Waals surface area contributed by atoms with Crippen molar-refractivity contribution in [3.05, 3.63) is 12.2 Å². The maximum absolute atomic E-state index is 10.9. The van der Waals surface area contributed by atoms with Crippen LogP contribution in [0.4, 0.5) is 0 Å². The molecule has 29 heavy (non-hydrogen) atoms. The van der Waals surface area contributed by atoms with E-state index in [9.17, 15) is 4.79 Å². The molecule has 0 N–H and O–H groups in total. The Morgan fingerprint density at radius 3 is 1.86 bits per heavy atom. The molecule has 0 aliphatic carbocycles. The fraction of sp³-hybridized carbons (Fsp3) is 0.880. The van der Waals surface area contributed by atoms with Gasteiger partial charge in [-0.2, -0.15) is 0 Å². The number of unbranched alkanes of at least 4 members (excludes halogenated alkanes) is 11. The minimum Gasteiger partial charge on any atom is -0.469 e. The van der Waals surface area contributed by atoms with Crippen LogP contribution in [0.2, 0.25) is 19.1 Å². The lowest BCUT2D eigenvalue weighted by Gasteiger charge is -2.27. The molecule has 4 heteroatoms. The van der Waals surface area contributed by atoms with Gasteiger partial charge in [0.15, 0.2) is 8.32 Å². The largest absolute Gasteiger partial charge is 0.469 e. The molecule has 0 unspecified atom stereocenters. The predicted molar refractivity (Wildman–Crippen MR) is 129 cm³/mol. The molecule has 3 nitrogen and oxygen atoms in total. The van der Waals surface area contributed by atoms with Gasteiger partial charge in [0, 0.05) is 13.0 Å². The Kier molecular flexibility index (Phi) is 20.2. The number of methoxy groups -OCH3 is 1. The van der Waals surface area contributed by atoms with Crippen molar-refractivity contribution in [2.24, 2.45) is 0 Å². The number of allylic oxidation sites excluding steroid dienone is 2. The van der Waals surface area contributed by atoms with Crippen molar-refractivity contribution < 1.29 is 14.0 Å². The molecule has 1 aliphatic rings. The summed E-state index contributed by atoms with van der Waals surface area (Å²) in [5.74, 6) is -0.0763. The van der Waals surface area contributed by atoms with Crippen molar-refractivity contribution in [3.8, 4) is 0 Å². The average molecular weight is 427 g/mol. The SMILES string of the molecule is CCCCCCCC/C=C\CCCCCCCC(=O)OC.C[Si]1(C)CCCCO1. The zero-order valence-electron chi connectivity index (χ0n) is 20.1. The van der Waals surface area contributed by atoms with E-state index >= 15 is 0 Å². The number of carbonyl (C=O) groups excluding carboxylic acids is 1. The molecule has 0 spiro atoms. The first-order valence-corrected chi connectivity index (χ1v) is 15.5. The lowest BCUT2D eigenvalue weighted by Crippen LogP contribution is -2.33. The predicted octanol–water partition coefficient (Wildman–Crippen LogP) is 8.20. The summed E-state index contributed by atoms with van der Waals surface area (Å²) in [7, 11) is 0.368. The van der Waals surface area contributed by atoms with Crippen LogP contribution in [0.5, 0.6) is 0 Å². The molecular formula is C25H50O3Si. The van der Waals surface area contributed by atoms with Gasteiger partial charge in [0.05, 0.1) is 7.11 Å². The van der Waals surface area contributed by atoms with Gasteiger partial charge in [-0.3, -0.25) is 4.79 Å². The molecule has 1 aliphatic heterocycles. The third-order valence-electron chi connectivity index (χ3n) is 5.54. The summed E-state index contributed by atoms with van der Waals surface area (Å²) in [6.45, 7) is 7.89. The second-order valence-electron chi connectivity index (χ2n) is 8.98. The molecule has 0 aromatic carbocycles. The number of esters is 1. The highest BCUT2D eigenvalue weighted by Crippen LogP contribution is 2.20. The molecule has 0 atom stereocenters. The van der Waals surface area contributed by atoms with E-state index in [4.69, 9.17) is 4.43 Å². The number of rotatable bonds is 15. The molecule has 1 saturated heterocycles. The third kappa shape index (κ3) is 21.9. The van der Waals surface area contributed by atoms with Crippen LogP contribution in [0.25, 0.3) is 0 Å². The van der Waals surface area contributed by atoms with E-state index in [1.54, 1.807) is 0 Å². The highest BCUT2D eigenvalue weighted by Gasteiger charge is 2.24. The highest BCUT2D eigenvalue weighted by molar-refractivity contribution is 6.71. The Labute approximate surface area is 183 Å². The Balaban J connectivity index is 0.000000807. The smallest absolute Gasteiger partial charge is 0.305 e. The molecule has 0 bridgehead atoms. The minimum absolute atomic E-state index is 0.0763. The zero-order valence-corrected chi connectivity index (χ0v) is 21.1. The standard InChI is InChI=1S/C19H36O2.C6H14OSi/c1-3-4-5-6-7-8-9-10-11-12-13-14-15-16-17-18-19(20)21-2;1-8(2)6-4-3-5-7-8/h10-11H,3-9,12-18H2,1-2H3;3-6H2,1-2H3/b11-10-;. The second kappa shape index (κ2) is 20.7. The van der Waals surface area contributed by atoms with E-state index in [-0.39, 0.29) is 5.97 Å². The van der Waals surface area contributed by atoms with Gasteiger partial charge in [-0.25, -0.2) is 0 Å². The van der Waals surface area contributed by atoms with Crippen LogP contribution in [0.1, 0.15) is 110 Å². The number of hydrogen-bond donors (Lipinski definition) is 0. The average Bonchev–Trinajstić information content (AvgIpc) is 2.71. The summed E-state index contributed by atoms with van der Waals surface area (Å²) < 4.78 is 10.2. The first-order chi connectivity index (χ1) is 14.0. The second-order valence-corrected chi connectivity index (χ2v) is 13.3. The fourth-order valence-electron chi connectivity index (χ4n) is 3.52. The lowest BCUT2D eigenvalue weighted by molar-refractivity contribution is -0.140. The molecule has 0 aromatic rings. The molecular weight excluding hydrogens is 376 g/mol. The molecule has 0 aromatic heterocycles. The monoisotopic (exact) mass is 426 g/mol. The van der Waals surface area contributed by atoms with Crippen LogP contribution in [-0.4, -0.2) is 28.0 Å². The summed E-state index contributed by atoms with van der Waals surface area (Å²) in [6, 6.07) is 1.37. The maximum Gasteiger partial charge on any atom is 0.305 e. The molecule has 1 rings (SSSR count). The lowest BCUT2D eigenvalue weighted by atomic mass is 10.1. The van der Waals surface area contributed by atoms with E-state index in [2.05, 4.69) is 36.9 Å². The number of hydrogen-bond acceptors (Lipinski definition) is 3. The van der Waals surface area contributed by atoms with E-state index in [1.165, 1.54) is 96.6 Å². The van der Waals surface area contributed by atoms with Crippen molar-refractivity contribution in [2.75, 3.05) is 13.7 Å². The molecule has 0 radical (unpaired) electrons. The normalized spacial score (nSPS) is 15.7. The highest BCUT2D eigenvalue weighted by atomic mass is 28.4. The van der Waals surface area contributed by atoms with E-state index in [0.717, 1.165) is 19.4 Å². The molecule has 0 saturated carbocycles. The Morgan fingerprint density at radius 2 is 1.41 bits per heavy atom. The minimum atomic E-state index is -1.09. The number of ether oxygens (including phenoxy) is 1. The van der Waals surface area contributed by atoms with Gasteiger partial charge in [0.25, 0.3) is 0 Å². The van der Waals surface area contributed by atoms with E-state index in [0.29, 0.717) is 6.42 Å². The molecule has 1 fully saturated rings. The van der Waals surface area contributed by atoms with Crippen LogP contribution >= 0.6 is 0 Å². The van der Waals surface area contributed by atoms with Crippen LogP contribution in [-0.2, 0) is 14.0 Å². The van der Waals surface area contributed by atoms with Crippen LogP contribution < -0.4 is 0 Å². The Hall–Kier alpha value is -0.613. The summed E-state index contributed by atoms with van der Waals surface area (Å²) in [5, 5.41) is 0. The van der Waals surface area contributed by atoms with Gasteiger partial charge in [-0.1, -0.05) is 76.9 Å². The van der Waals surface area contributed by atoms with Gasteiger partial charge in [-0.05, 0) is 57.7 Å². The van der Waals surface area contributed by atoms with Gasteiger partial charge in [0.1, 0.15) is 0 Å². The third-order valence-corrected chi connectivity index (χ3v) is 8.08. The van der Waals surface area contributed by atoms with Gasteiger partial charge in [-0.15, -0.1) is 0 Å². The van der Waals surface area contributed by atoms with Crippen LogP contribution in [0.3, 0.4) is 0 Å². The van der Waals surface area contributed by atoms with E-state index < -0.39 is 8.32 Å². The summed E-state index contributed by atoms with van der Waals surface area (Å²) in [5.41, 5.74) is 0. The Morgan fingerprint density at radius 1 is 0.862 bits per heavy atom. The maximum atomic E-state index is 10.9. The topological polar surface area (TPSA) is 35.5 Å². The summed E-state index contributed by atoms with van der Waals surface area (Å²) >= 11 is 0. The van der Waals surface area contributed by atoms with Crippen molar-refractivity contribution in [3.63, 3.8) is 0 Å².